The van der Waals surface area contributed by atoms with Crippen LogP contribution in [0.1, 0.15) is 5.82 Å². The zero-order valence-corrected chi connectivity index (χ0v) is 18.1. The van der Waals surface area contributed by atoms with Gasteiger partial charge in [0.1, 0.15) is 29.5 Å². The van der Waals surface area contributed by atoms with Gasteiger partial charge >= 0.3 is 0 Å². The van der Waals surface area contributed by atoms with E-state index in [0.29, 0.717) is 43.3 Å². The van der Waals surface area contributed by atoms with Crippen molar-refractivity contribution in [2.45, 2.75) is 13.5 Å². The summed E-state index contributed by atoms with van der Waals surface area (Å²) in [6.45, 7) is 4.31. The third-order valence-corrected chi connectivity index (χ3v) is 5.96. The van der Waals surface area contributed by atoms with Gasteiger partial charge in [-0.1, -0.05) is 12.1 Å². The van der Waals surface area contributed by atoms with Crippen LogP contribution in [-0.2, 0) is 11.3 Å². The number of hydrogen-bond donors (Lipinski definition) is 0. The van der Waals surface area contributed by atoms with E-state index < -0.39 is 0 Å². The molecule has 0 unspecified atom stereocenters. The van der Waals surface area contributed by atoms with Crippen LogP contribution < -0.4 is 15.2 Å². The van der Waals surface area contributed by atoms with Crippen LogP contribution >= 0.6 is 0 Å². The largest absolute Gasteiger partial charge is 0.496 e. The van der Waals surface area contributed by atoms with E-state index in [9.17, 15) is 9.59 Å². The Balaban J connectivity index is 1.39. The molecule has 164 valence electrons. The summed E-state index contributed by atoms with van der Waals surface area (Å²) in [5.74, 6) is 2.13. The number of rotatable bonds is 4. The molecule has 0 saturated carbocycles. The summed E-state index contributed by atoms with van der Waals surface area (Å²) in [5, 5.41) is 5.27. The zero-order valence-electron chi connectivity index (χ0n) is 18.1. The van der Waals surface area contributed by atoms with E-state index in [1.54, 1.807) is 24.3 Å². The molecule has 1 aliphatic heterocycles. The molecule has 1 aromatic carbocycles. The summed E-state index contributed by atoms with van der Waals surface area (Å²) in [5.41, 5.74) is 1.03. The molecule has 32 heavy (non-hydrogen) atoms. The standard InChI is InChI=1S/C23H24N6O3/c1-16-25-28(23(31)19-14-17-18(29(16)19)6-5-7-20(17)32-2)15-22(30)27-12-10-26(11-13-27)21-8-3-4-9-24-21/h3-9,14H,10-13,15H2,1-2H3. The van der Waals surface area contributed by atoms with Crippen LogP contribution in [0, 0.1) is 6.92 Å². The molecule has 0 bridgehead atoms. The maximum Gasteiger partial charge on any atom is 0.291 e. The second-order valence-electron chi connectivity index (χ2n) is 7.82. The van der Waals surface area contributed by atoms with Gasteiger partial charge < -0.3 is 14.5 Å². The van der Waals surface area contributed by atoms with Gasteiger partial charge in [-0.25, -0.2) is 9.67 Å². The van der Waals surface area contributed by atoms with Gasteiger partial charge in [0.15, 0.2) is 0 Å². The van der Waals surface area contributed by atoms with E-state index in [4.69, 9.17) is 4.74 Å². The number of hydrogen-bond acceptors (Lipinski definition) is 6. The van der Waals surface area contributed by atoms with Crippen LogP contribution in [0.25, 0.3) is 16.4 Å². The number of carbonyl (C=O) groups excluding carboxylic acids is 1. The number of fused-ring (bicyclic) bond motifs is 3. The lowest BCUT2D eigenvalue weighted by molar-refractivity contribution is -0.132. The van der Waals surface area contributed by atoms with Crippen molar-refractivity contribution in [2.24, 2.45) is 0 Å². The number of carbonyl (C=O) groups is 1. The predicted octanol–water partition coefficient (Wildman–Crippen LogP) is 1.71. The topological polar surface area (TPSA) is 85.0 Å². The van der Waals surface area contributed by atoms with Crippen LogP contribution in [0.15, 0.2) is 53.5 Å². The molecule has 4 heterocycles. The highest BCUT2D eigenvalue weighted by Gasteiger charge is 2.23. The smallest absolute Gasteiger partial charge is 0.291 e. The number of anilines is 1. The zero-order chi connectivity index (χ0) is 22.2. The lowest BCUT2D eigenvalue weighted by Crippen LogP contribution is -2.50. The van der Waals surface area contributed by atoms with Gasteiger partial charge in [0.2, 0.25) is 5.91 Å². The van der Waals surface area contributed by atoms with Crippen LogP contribution in [0.5, 0.6) is 5.75 Å². The number of methoxy groups -OCH3 is 1. The third kappa shape index (κ3) is 3.35. The number of aromatic nitrogens is 4. The summed E-state index contributed by atoms with van der Waals surface area (Å²) >= 11 is 0. The average molecular weight is 432 g/mol. The second-order valence-corrected chi connectivity index (χ2v) is 7.82. The van der Waals surface area contributed by atoms with Crippen molar-refractivity contribution in [2.75, 3.05) is 38.2 Å². The van der Waals surface area contributed by atoms with Gasteiger partial charge in [-0.05, 0) is 37.3 Å². The lowest BCUT2D eigenvalue weighted by Gasteiger charge is -2.35. The molecule has 3 aromatic heterocycles. The Bertz CT molecular complexity index is 1350. The van der Waals surface area contributed by atoms with Crippen molar-refractivity contribution in [1.29, 1.82) is 0 Å². The number of ether oxygens (including phenoxy) is 1. The number of aryl methyl sites for hydroxylation is 1. The number of benzene rings is 1. The van der Waals surface area contributed by atoms with Gasteiger partial charge in [-0.2, -0.15) is 5.10 Å². The minimum Gasteiger partial charge on any atom is -0.496 e. The van der Waals surface area contributed by atoms with E-state index >= 15 is 0 Å². The highest BCUT2D eigenvalue weighted by atomic mass is 16.5. The Morgan fingerprint density at radius 1 is 1.06 bits per heavy atom. The Kier molecular flexibility index (Phi) is 5.01. The van der Waals surface area contributed by atoms with Crippen molar-refractivity contribution >= 4 is 28.1 Å². The number of amides is 1. The van der Waals surface area contributed by atoms with Crippen molar-refractivity contribution < 1.29 is 9.53 Å². The molecule has 1 fully saturated rings. The van der Waals surface area contributed by atoms with Crippen LogP contribution in [0.2, 0.25) is 0 Å². The summed E-state index contributed by atoms with van der Waals surface area (Å²) in [6, 6.07) is 13.3. The normalized spacial score (nSPS) is 14.3. The number of nitrogens with zero attached hydrogens (tertiary/aromatic N) is 6. The first-order valence-electron chi connectivity index (χ1n) is 10.6. The van der Waals surface area contributed by atoms with Gasteiger partial charge in [0.05, 0.1) is 12.6 Å². The molecule has 0 radical (unpaired) electrons. The first kappa shape index (κ1) is 20.0. The van der Waals surface area contributed by atoms with Crippen molar-refractivity contribution in [3.8, 4) is 5.75 Å². The fourth-order valence-electron chi connectivity index (χ4n) is 4.35. The van der Waals surface area contributed by atoms with Crippen molar-refractivity contribution in [3.05, 3.63) is 64.8 Å². The van der Waals surface area contributed by atoms with E-state index in [1.807, 2.05) is 47.7 Å². The number of piperazine rings is 1. The minimum atomic E-state index is -0.297. The molecular formula is C23H24N6O3. The highest BCUT2D eigenvalue weighted by molar-refractivity contribution is 5.92. The van der Waals surface area contributed by atoms with Crippen LogP contribution in [0.3, 0.4) is 0 Å². The Morgan fingerprint density at radius 2 is 1.88 bits per heavy atom. The van der Waals surface area contributed by atoms with Gasteiger partial charge in [-0.3, -0.25) is 14.0 Å². The molecule has 1 aliphatic rings. The summed E-state index contributed by atoms with van der Waals surface area (Å²) < 4.78 is 8.52. The van der Waals surface area contributed by atoms with Crippen LogP contribution in [-0.4, -0.2) is 63.3 Å². The summed E-state index contributed by atoms with van der Waals surface area (Å²) in [7, 11) is 1.60. The van der Waals surface area contributed by atoms with E-state index in [0.717, 1.165) is 16.7 Å². The van der Waals surface area contributed by atoms with Crippen LogP contribution in [0.4, 0.5) is 5.82 Å². The average Bonchev–Trinajstić information content (AvgIpc) is 3.23. The molecule has 1 saturated heterocycles. The molecule has 0 atom stereocenters. The van der Waals surface area contributed by atoms with Gasteiger partial charge in [0.25, 0.3) is 5.56 Å². The molecule has 4 aromatic rings. The number of pyridine rings is 1. The van der Waals surface area contributed by atoms with Gasteiger partial charge in [-0.15, -0.1) is 0 Å². The molecule has 9 heteroatoms. The van der Waals surface area contributed by atoms with Gasteiger partial charge in [0, 0.05) is 37.8 Å². The molecule has 0 N–H and O–H groups in total. The van der Waals surface area contributed by atoms with Crippen molar-refractivity contribution in [3.63, 3.8) is 0 Å². The third-order valence-electron chi connectivity index (χ3n) is 5.96. The first-order valence-corrected chi connectivity index (χ1v) is 10.6. The monoisotopic (exact) mass is 432 g/mol. The lowest BCUT2D eigenvalue weighted by atomic mass is 10.2. The fourth-order valence-corrected chi connectivity index (χ4v) is 4.35. The highest BCUT2D eigenvalue weighted by Crippen LogP contribution is 2.28. The molecule has 5 rings (SSSR count). The Labute approximate surface area is 184 Å². The van der Waals surface area contributed by atoms with Crippen molar-refractivity contribution in [1.82, 2.24) is 24.1 Å². The molecule has 0 spiro atoms. The van der Waals surface area contributed by atoms with E-state index in [2.05, 4.69) is 15.0 Å². The molecule has 0 aliphatic carbocycles. The minimum absolute atomic E-state index is 0.0849. The molecule has 1 amide bonds. The summed E-state index contributed by atoms with van der Waals surface area (Å²) in [6.07, 6.45) is 1.77. The maximum absolute atomic E-state index is 13.2. The Hall–Kier alpha value is -3.88. The van der Waals surface area contributed by atoms with E-state index in [-0.39, 0.29) is 18.0 Å². The first-order chi connectivity index (χ1) is 15.6. The fraction of sp³-hybridized carbons (Fsp3) is 0.304. The maximum atomic E-state index is 13.2. The van der Waals surface area contributed by atoms with E-state index in [1.165, 1.54) is 4.68 Å². The molecule has 9 nitrogen and oxygen atoms in total. The SMILES string of the molecule is COc1cccc2c1cc1c(=O)n(CC(=O)N3CCN(c4ccccn4)CC3)nc(C)n12. The Morgan fingerprint density at radius 3 is 2.59 bits per heavy atom. The molecular weight excluding hydrogens is 408 g/mol. The quantitative estimate of drug-likeness (QED) is 0.488. The second kappa shape index (κ2) is 7.99. The summed E-state index contributed by atoms with van der Waals surface area (Å²) in [4.78, 5) is 34.4. The predicted molar refractivity (Wildman–Crippen MR) is 121 cm³/mol.